The highest BCUT2D eigenvalue weighted by Gasteiger charge is 2.39. The number of ether oxygens (including phenoxy) is 2. The van der Waals surface area contributed by atoms with Crippen LogP contribution in [-0.2, 0) is 9.47 Å². The average molecular weight is 1090 g/mol. The zero-order chi connectivity index (χ0) is 56.3. The lowest BCUT2D eigenvalue weighted by Crippen LogP contribution is -2.50. The summed E-state index contributed by atoms with van der Waals surface area (Å²) in [7, 11) is 0. The molecule has 0 aromatic rings. The highest BCUT2D eigenvalue weighted by atomic mass is 16.5. The van der Waals surface area contributed by atoms with Crippen molar-refractivity contribution in [1.29, 1.82) is 0 Å². The Bertz CT molecular complexity index is 1160. The first-order valence-electron chi connectivity index (χ1n) is 36.3. The molecule has 0 aliphatic heterocycles. The standard InChI is InChI=1S/C75H145NO2/c1-5-9-13-17-21-25-29-33-37-41-45-49-53-57-61-65-69-75(70-66-62-58-54-50-46-42-38-34-30-26-22-18-14-10-6-2,78-72-68-64-60-56-52-48-44-40-36-32-28-24-20-16-12-8-4)74(73-76)77-71-67-63-59-55-51-47-43-39-35-31-27-23-19-15-11-7-3/h33-40,74H,5-32,41-73,76H2,1-4H3/b37-33-,38-34-,39-35-,40-36-. The SMILES string of the molecule is CCCCCCCC/C=C\CCCCCCCCOC(CN)C(CCCCCCCC/C=C\CCCCCCCC)(CCCCCCCC/C=C\CCCCCCCC)OCCCCCCCC/C=C\CCCCCCCC. The molecule has 0 aliphatic carbocycles. The Labute approximate surface area is 493 Å². The van der Waals surface area contributed by atoms with E-state index in [4.69, 9.17) is 15.2 Å². The van der Waals surface area contributed by atoms with Gasteiger partial charge in [-0.15, -0.1) is 0 Å². The fraction of sp³-hybridized carbons (Fsp3) is 0.893. The normalized spacial score (nSPS) is 12.8. The third-order valence-electron chi connectivity index (χ3n) is 17.0. The number of hydrogen-bond acceptors (Lipinski definition) is 3. The van der Waals surface area contributed by atoms with Crippen LogP contribution < -0.4 is 5.73 Å². The van der Waals surface area contributed by atoms with Gasteiger partial charge in [-0.3, -0.25) is 0 Å². The van der Waals surface area contributed by atoms with Crippen LogP contribution in [0.25, 0.3) is 0 Å². The number of allylic oxidation sites excluding steroid dienone is 8. The van der Waals surface area contributed by atoms with Crippen LogP contribution in [-0.4, -0.2) is 31.5 Å². The Kier molecular flexibility index (Phi) is 67.3. The first kappa shape index (κ1) is 76.8. The van der Waals surface area contributed by atoms with Gasteiger partial charge in [0.15, 0.2) is 0 Å². The molecular weight excluding hydrogens is 947 g/mol. The molecule has 1 atom stereocenters. The summed E-state index contributed by atoms with van der Waals surface area (Å²) in [6.07, 6.45) is 96.8. The molecule has 0 aromatic carbocycles. The summed E-state index contributed by atoms with van der Waals surface area (Å²) >= 11 is 0. The van der Waals surface area contributed by atoms with Crippen LogP contribution in [0.1, 0.15) is 400 Å². The number of unbranched alkanes of at least 4 members (excludes halogenated alkanes) is 48. The lowest BCUT2D eigenvalue weighted by Gasteiger charge is -2.41. The van der Waals surface area contributed by atoms with Gasteiger partial charge < -0.3 is 15.2 Å². The largest absolute Gasteiger partial charge is 0.374 e. The molecule has 0 aliphatic rings. The molecule has 0 rings (SSSR count). The monoisotopic (exact) mass is 1090 g/mol. The van der Waals surface area contributed by atoms with E-state index in [1.54, 1.807) is 0 Å². The molecule has 0 spiro atoms. The summed E-state index contributed by atoms with van der Waals surface area (Å²) in [6.45, 7) is 11.5. The van der Waals surface area contributed by atoms with Crippen molar-refractivity contribution in [1.82, 2.24) is 0 Å². The first-order valence-corrected chi connectivity index (χ1v) is 36.3. The maximum Gasteiger partial charge on any atom is 0.0986 e. The summed E-state index contributed by atoms with van der Waals surface area (Å²) in [4.78, 5) is 0. The molecule has 3 heteroatoms. The Balaban J connectivity index is 5.32. The van der Waals surface area contributed by atoms with E-state index in [2.05, 4.69) is 76.3 Å². The molecule has 0 amide bonds. The van der Waals surface area contributed by atoms with Gasteiger partial charge in [0.25, 0.3) is 0 Å². The fourth-order valence-corrected chi connectivity index (χ4v) is 11.7. The minimum Gasteiger partial charge on any atom is -0.374 e. The van der Waals surface area contributed by atoms with Gasteiger partial charge in [0.05, 0.1) is 11.7 Å². The smallest absolute Gasteiger partial charge is 0.0986 e. The number of hydrogen-bond donors (Lipinski definition) is 1. The van der Waals surface area contributed by atoms with Crippen molar-refractivity contribution >= 4 is 0 Å². The van der Waals surface area contributed by atoms with Crippen LogP contribution in [0.3, 0.4) is 0 Å². The maximum atomic E-state index is 7.30. The van der Waals surface area contributed by atoms with Crippen LogP contribution in [0.2, 0.25) is 0 Å². The molecule has 1 unspecified atom stereocenters. The first-order chi connectivity index (χ1) is 38.7. The lowest BCUT2D eigenvalue weighted by molar-refractivity contribution is -0.154. The Morgan fingerprint density at radius 2 is 0.462 bits per heavy atom. The molecule has 3 nitrogen and oxygen atoms in total. The molecule has 78 heavy (non-hydrogen) atoms. The van der Waals surface area contributed by atoms with Crippen molar-refractivity contribution in [3.63, 3.8) is 0 Å². The minimum absolute atomic E-state index is 0.0130. The van der Waals surface area contributed by atoms with Crippen LogP contribution in [0, 0.1) is 0 Å². The summed E-state index contributed by atoms with van der Waals surface area (Å²) in [6, 6.07) is 0. The molecule has 0 fully saturated rings. The summed E-state index contributed by atoms with van der Waals surface area (Å²) < 4.78 is 14.2. The van der Waals surface area contributed by atoms with Crippen LogP contribution in [0.4, 0.5) is 0 Å². The third-order valence-corrected chi connectivity index (χ3v) is 17.0. The molecule has 2 N–H and O–H groups in total. The van der Waals surface area contributed by atoms with E-state index in [9.17, 15) is 0 Å². The van der Waals surface area contributed by atoms with Gasteiger partial charge in [-0.25, -0.2) is 0 Å². The number of rotatable bonds is 68. The van der Waals surface area contributed by atoms with Gasteiger partial charge in [0, 0.05) is 19.8 Å². The highest BCUT2D eigenvalue weighted by molar-refractivity contribution is 4.91. The van der Waals surface area contributed by atoms with E-state index in [1.807, 2.05) is 0 Å². The molecule has 0 radical (unpaired) electrons. The molecule has 0 saturated heterocycles. The van der Waals surface area contributed by atoms with Gasteiger partial charge in [-0.1, -0.05) is 320 Å². The van der Waals surface area contributed by atoms with Gasteiger partial charge in [0.1, 0.15) is 0 Å². The van der Waals surface area contributed by atoms with Crippen LogP contribution in [0.15, 0.2) is 48.6 Å². The van der Waals surface area contributed by atoms with E-state index in [0.29, 0.717) is 6.54 Å². The molecule has 0 aromatic heterocycles. The predicted molar refractivity (Wildman–Crippen MR) is 355 cm³/mol. The maximum absolute atomic E-state index is 7.30. The van der Waals surface area contributed by atoms with E-state index in [0.717, 1.165) is 38.9 Å². The van der Waals surface area contributed by atoms with E-state index in [-0.39, 0.29) is 11.7 Å². The third kappa shape index (κ3) is 58.1. The molecule has 462 valence electrons. The molecular formula is C75H145NO2. The topological polar surface area (TPSA) is 44.5 Å². The Morgan fingerprint density at radius 1 is 0.256 bits per heavy atom. The lowest BCUT2D eigenvalue weighted by atomic mass is 9.84. The second-order valence-electron chi connectivity index (χ2n) is 24.8. The van der Waals surface area contributed by atoms with E-state index < -0.39 is 0 Å². The molecule has 0 bridgehead atoms. The second kappa shape index (κ2) is 68.3. The van der Waals surface area contributed by atoms with Gasteiger partial charge in [-0.05, 0) is 128 Å². The quantitative estimate of drug-likeness (QED) is 0.0488. The fourth-order valence-electron chi connectivity index (χ4n) is 11.7. The zero-order valence-electron chi connectivity index (χ0n) is 54.2. The van der Waals surface area contributed by atoms with Crippen molar-refractivity contribution in [2.45, 2.75) is 412 Å². The van der Waals surface area contributed by atoms with Crippen molar-refractivity contribution in [2.24, 2.45) is 5.73 Å². The predicted octanol–water partition coefficient (Wildman–Crippen LogP) is 26.0. The van der Waals surface area contributed by atoms with Crippen molar-refractivity contribution in [3.8, 4) is 0 Å². The summed E-state index contributed by atoms with van der Waals surface area (Å²) in [5.41, 5.74) is 6.53. The second-order valence-corrected chi connectivity index (χ2v) is 24.8. The minimum atomic E-state index is -0.263. The highest BCUT2D eigenvalue weighted by Crippen LogP contribution is 2.34. The van der Waals surface area contributed by atoms with Crippen LogP contribution in [0.5, 0.6) is 0 Å². The zero-order valence-corrected chi connectivity index (χ0v) is 54.2. The summed E-state index contributed by atoms with van der Waals surface area (Å²) in [5, 5.41) is 0. The van der Waals surface area contributed by atoms with Gasteiger partial charge >= 0.3 is 0 Å². The molecule has 0 heterocycles. The van der Waals surface area contributed by atoms with Crippen LogP contribution >= 0.6 is 0 Å². The van der Waals surface area contributed by atoms with Crippen molar-refractivity contribution in [2.75, 3.05) is 19.8 Å². The average Bonchev–Trinajstić information content (AvgIpc) is 3.46. The van der Waals surface area contributed by atoms with Crippen molar-refractivity contribution < 1.29 is 9.47 Å². The Morgan fingerprint density at radius 3 is 0.705 bits per heavy atom. The van der Waals surface area contributed by atoms with Gasteiger partial charge in [0.2, 0.25) is 0 Å². The number of nitrogens with two attached hydrogens (primary N) is 1. The Hall–Kier alpha value is -1.16. The van der Waals surface area contributed by atoms with Gasteiger partial charge in [-0.2, -0.15) is 0 Å². The summed E-state index contributed by atoms with van der Waals surface area (Å²) in [5.74, 6) is 0. The van der Waals surface area contributed by atoms with Crippen molar-refractivity contribution in [3.05, 3.63) is 48.6 Å². The molecule has 0 saturated carbocycles. The van der Waals surface area contributed by atoms with E-state index in [1.165, 1.54) is 347 Å². The van der Waals surface area contributed by atoms with E-state index >= 15 is 0 Å².